The van der Waals surface area contributed by atoms with Crippen LogP contribution in [0.4, 0.5) is 4.79 Å². The molecule has 55 heavy (non-hydrogen) atoms. The number of nitrogens with zero attached hydrogens (tertiary/aromatic N) is 2. The number of esters is 2. The predicted octanol–water partition coefficient (Wildman–Crippen LogP) is 6.26. The Kier molecular flexibility index (Phi) is 16.3. The normalized spacial score (nSPS) is 11.2. The summed E-state index contributed by atoms with van der Waals surface area (Å²) in [6.45, 7) is 10.3. The molecule has 0 fully saturated rings. The van der Waals surface area contributed by atoms with Crippen LogP contribution in [-0.2, 0) is 52.9 Å². The minimum atomic E-state index is -1.17. The van der Waals surface area contributed by atoms with Crippen LogP contribution >= 0.6 is 0 Å². The van der Waals surface area contributed by atoms with Gasteiger partial charge in [-0.15, -0.1) is 0 Å². The van der Waals surface area contributed by atoms with Gasteiger partial charge in [0.25, 0.3) is 5.91 Å². The molecule has 0 aliphatic heterocycles. The van der Waals surface area contributed by atoms with E-state index in [0.29, 0.717) is 53.7 Å². The van der Waals surface area contributed by atoms with E-state index in [1.54, 1.807) is 90.1 Å². The van der Waals surface area contributed by atoms with Crippen molar-refractivity contribution < 1.29 is 52.5 Å². The number of hydrogen-bond acceptors (Lipinski definition) is 11. The Morgan fingerprint density at radius 1 is 0.655 bits per heavy atom. The minimum Gasteiger partial charge on any atom is -0.497 e. The van der Waals surface area contributed by atoms with Crippen molar-refractivity contribution in [3.8, 4) is 17.2 Å². The molecule has 0 aromatic heterocycles. The molecule has 3 aromatic rings. The van der Waals surface area contributed by atoms with Gasteiger partial charge >= 0.3 is 23.9 Å². The first-order chi connectivity index (χ1) is 26.1. The van der Waals surface area contributed by atoms with E-state index in [0.717, 1.165) is 16.1 Å². The SMILES string of the molecule is CCOC(=O)C(C)(C)Oc1ccc(CCCC(=O)ON(C(=O)CCCc2ccc(OC(C)(C)C(=O)OCC)cc2)N(Cc2cccc(OC)c2)C(N)=O)cc1. The van der Waals surface area contributed by atoms with Gasteiger partial charge < -0.3 is 34.3 Å². The molecular weight excluding hydrogens is 710 g/mol. The highest BCUT2D eigenvalue weighted by atomic mass is 16.8. The molecule has 298 valence electrons. The van der Waals surface area contributed by atoms with Gasteiger partial charge in [-0.1, -0.05) is 41.6 Å². The van der Waals surface area contributed by atoms with Crippen molar-refractivity contribution in [2.45, 2.75) is 97.8 Å². The maximum absolute atomic E-state index is 13.6. The number of hydroxylamine groups is 1. The molecule has 14 nitrogen and oxygen atoms in total. The second-order valence-electron chi connectivity index (χ2n) is 13.5. The van der Waals surface area contributed by atoms with Crippen LogP contribution in [0.15, 0.2) is 72.8 Å². The van der Waals surface area contributed by atoms with Crippen LogP contribution < -0.4 is 19.9 Å². The molecule has 0 spiro atoms. The molecule has 0 aliphatic carbocycles. The summed E-state index contributed by atoms with van der Waals surface area (Å²) in [4.78, 5) is 69.4. The number of hydrazine groups is 1. The van der Waals surface area contributed by atoms with E-state index in [1.165, 1.54) is 7.11 Å². The summed E-state index contributed by atoms with van der Waals surface area (Å²) in [7, 11) is 1.50. The molecule has 14 heteroatoms. The third kappa shape index (κ3) is 13.9. The van der Waals surface area contributed by atoms with E-state index >= 15 is 0 Å². The average molecular weight is 764 g/mol. The smallest absolute Gasteiger partial charge is 0.349 e. The number of carbonyl (C=O) groups is 5. The summed E-state index contributed by atoms with van der Waals surface area (Å²) >= 11 is 0. The molecule has 0 unspecified atom stereocenters. The highest BCUT2D eigenvalue weighted by molar-refractivity contribution is 5.82. The average Bonchev–Trinajstić information content (AvgIpc) is 3.14. The Balaban J connectivity index is 1.65. The largest absolute Gasteiger partial charge is 0.497 e. The van der Waals surface area contributed by atoms with Crippen molar-refractivity contribution in [1.82, 2.24) is 10.2 Å². The quantitative estimate of drug-likeness (QED) is 0.108. The number of benzene rings is 3. The van der Waals surface area contributed by atoms with Crippen molar-refractivity contribution in [3.63, 3.8) is 0 Å². The van der Waals surface area contributed by atoms with Crippen molar-refractivity contribution in [2.24, 2.45) is 5.73 Å². The van der Waals surface area contributed by atoms with Crippen molar-refractivity contribution in [1.29, 1.82) is 0 Å². The Morgan fingerprint density at radius 2 is 1.15 bits per heavy atom. The third-order valence-corrected chi connectivity index (χ3v) is 8.17. The van der Waals surface area contributed by atoms with E-state index in [9.17, 15) is 24.0 Å². The molecule has 0 bridgehead atoms. The van der Waals surface area contributed by atoms with Gasteiger partial charge in [-0.05, 0) is 120 Å². The highest BCUT2D eigenvalue weighted by Gasteiger charge is 2.33. The molecule has 2 N–H and O–H groups in total. The third-order valence-electron chi connectivity index (χ3n) is 8.17. The van der Waals surface area contributed by atoms with Crippen LogP contribution in [0.2, 0.25) is 0 Å². The van der Waals surface area contributed by atoms with Gasteiger partial charge in [0.2, 0.25) is 0 Å². The van der Waals surface area contributed by atoms with E-state index in [1.807, 2.05) is 24.3 Å². The second-order valence-corrected chi connectivity index (χ2v) is 13.5. The first kappa shape index (κ1) is 43.6. The number of nitrogens with two attached hydrogens (primary N) is 1. The van der Waals surface area contributed by atoms with Crippen molar-refractivity contribution in [2.75, 3.05) is 20.3 Å². The monoisotopic (exact) mass is 763 g/mol. The summed E-state index contributed by atoms with van der Waals surface area (Å²) in [5.41, 5.74) is 5.77. The van der Waals surface area contributed by atoms with Gasteiger partial charge in [-0.3, -0.25) is 4.79 Å². The number of aryl methyl sites for hydroxylation is 2. The lowest BCUT2D eigenvalue weighted by molar-refractivity contribution is -0.246. The van der Waals surface area contributed by atoms with Crippen LogP contribution in [-0.4, -0.2) is 71.6 Å². The Bertz CT molecular complexity index is 1740. The summed E-state index contributed by atoms with van der Waals surface area (Å²) < 4.78 is 27.1. The minimum absolute atomic E-state index is 0.0644. The lowest BCUT2D eigenvalue weighted by atomic mass is 10.1. The van der Waals surface area contributed by atoms with Crippen LogP contribution in [0, 0.1) is 0 Å². The zero-order chi connectivity index (χ0) is 40.6. The maximum atomic E-state index is 13.6. The Hall–Kier alpha value is -5.79. The first-order valence-electron chi connectivity index (χ1n) is 18.2. The standard InChI is InChI=1S/C41H53N3O11/c1-8-51-37(47)40(3,4)53-32-23-19-29(20-24-32)13-11-17-35(45)44(43(39(42)49)28-31-15-10-16-34(27-31)50-7)55-36(46)18-12-14-30-21-25-33(26-22-30)54-41(5,6)38(48)52-9-2/h10,15-16,19-27H,8-9,11-14,17-18,28H2,1-7H3,(H2,42,49). The van der Waals surface area contributed by atoms with Gasteiger partial charge in [0, 0.05) is 12.8 Å². The summed E-state index contributed by atoms with van der Waals surface area (Å²) in [6, 6.07) is 20.1. The maximum Gasteiger partial charge on any atom is 0.349 e. The van der Waals surface area contributed by atoms with E-state index in [4.69, 9.17) is 34.3 Å². The van der Waals surface area contributed by atoms with E-state index in [2.05, 4.69) is 0 Å². The van der Waals surface area contributed by atoms with Gasteiger partial charge in [0.15, 0.2) is 11.2 Å². The fourth-order valence-corrected chi connectivity index (χ4v) is 5.26. The zero-order valence-corrected chi connectivity index (χ0v) is 32.8. The fraction of sp³-hybridized carbons (Fsp3) is 0.439. The van der Waals surface area contributed by atoms with E-state index < -0.39 is 41.0 Å². The first-order valence-corrected chi connectivity index (χ1v) is 18.2. The molecule has 3 aromatic carbocycles. The van der Waals surface area contributed by atoms with Crippen LogP contribution in [0.1, 0.15) is 83.9 Å². The number of methoxy groups -OCH3 is 1. The molecule has 0 heterocycles. The van der Waals surface area contributed by atoms with Crippen molar-refractivity contribution in [3.05, 3.63) is 89.5 Å². The lowest BCUT2D eigenvalue weighted by Gasteiger charge is -2.31. The number of amides is 3. The molecule has 0 aliphatic rings. The van der Waals surface area contributed by atoms with Crippen LogP contribution in [0.25, 0.3) is 0 Å². The van der Waals surface area contributed by atoms with Gasteiger partial charge in [-0.25, -0.2) is 19.2 Å². The topological polar surface area (TPSA) is 173 Å². The predicted molar refractivity (Wildman–Crippen MR) is 202 cm³/mol. The molecule has 0 atom stereocenters. The molecular formula is C41H53N3O11. The Labute approximate surface area is 322 Å². The Morgan fingerprint density at radius 3 is 1.60 bits per heavy atom. The fourth-order valence-electron chi connectivity index (χ4n) is 5.26. The summed E-state index contributed by atoms with van der Waals surface area (Å²) in [5.74, 6) is -0.839. The molecule has 3 amide bonds. The number of urea groups is 1. The van der Waals surface area contributed by atoms with Gasteiger partial charge in [0.05, 0.1) is 26.9 Å². The van der Waals surface area contributed by atoms with Crippen LogP contribution in [0.3, 0.4) is 0 Å². The number of hydrogen-bond donors (Lipinski definition) is 1. The lowest BCUT2D eigenvalue weighted by Crippen LogP contribution is -2.52. The van der Waals surface area contributed by atoms with Gasteiger partial charge in [-0.2, -0.15) is 5.01 Å². The molecule has 0 radical (unpaired) electrons. The molecule has 0 saturated heterocycles. The summed E-state index contributed by atoms with van der Waals surface area (Å²) in [5, 5.41) is 1.53. The number of rotatable bonds is 19. The number of ether oxygens (including phenoxy) is 5. The van der Waals surface area contributed by atoms with Gasteiger partial charge in [0.1, 0.15) is 17.2 Å². The molecule has 3 rings (SSSR count). The van der Waals surface area contributed by atoms with Crippen LogP contribution in [0.5, 0.6) is 17.2 Å². The number of carbonyl (C=O) groups excluding carboxylic acids is 5. The van der Waals surface area contributed by atoms with Crippen molar-refractivity contribution >= 4 is 29.8 Å². The molecule has 0 saturated carbocycles. The summed E-state index contributed by atoms with van der Waals surface area (Å²) in [6.07, 6.45) is 1.56. The number of primary amides is 1. The van der Waals surface area contributed by atoms with E-state index in [-0.39, 0.29) is 32.6 Å². The zero-order valence-electron chi connectivity index (χ0n) is 32.8. The second kappa shape index (κ2) is 20.6. The highest BCUT2D eigenvalue weighted by Crippen LogP contribution is 2.23.